The van der Waals surface area contributed by atoms with Crippen LogP contribution in [0.2, 0.25) is 0 Å². The molecule has 3 heteroatoms. The van der Waals surface area contributed by atoms with Crippen molar-refractivity contribution in [3.63, 3.8) is 0 Å². The van der Waals surface area contributed by atoms with Gasteiger partial charge >= 0.3 is 0 Å². The molecule has 35 heavy (non-hydrogen) atoms. The minimum absolute atomic E-state index is 0.125. The molecule has 0 fully saturated rings. The Labute approximate surface area is 215 Å². The standard InChI is InChI=1S/C30H46O.C2H6O2/c1-3-5-7-9-11-13-15-21-27-23-17-19-25-29(27)31-30-26-20-18-24-28(30)22-16-14-12-10-8-6-4-2;3-1-2-4/h17-20,23-26H,3-16,21-22H2,1-2H3;3-4H,1-2H2. The van der Waals surface area contributed by atoms with Crippen molar-refractivity contribution in [1.29, 1.82) is 0 Å². The fraction of sp³-hybridized carbons (Fsp3) is 0.625. The van der Waals surface area contributed by atoms with E-state index >= 15 is 0 Å². The van der Waals surface area contributed by atoms with Gasteiger partial charge in [-0.05, 0) is 48.9 Å². The maximum atomic E-state index is 7.62. The van der Waals surface area contributed by atoms with Crippen molar-refractivity contribution in [3.8, 4) is 11.5 Å². The summed E-state index contributed by atoms with van der Waals surface area (Å²) in [5.41, 5.74) is 2.70. The number of aliphatic hydroxyl groups excluding tert-OH is 2. The number of ether oxygens (including phenoxy) is 1. The molecule has 0 radical (unpaired) electrons. The van der Waals surface area contributed by atoms with E-state index in [0.29, 0.717) is 0 Å². The van der Waals surface area contributed by atoms with Crippen LogP contribution in [0.25, 0.3) is 0 Å². The zero-order valence-corrected chi connectivity index (χ0v) is 22.6. The SMILES string of the molecule is CCCCCCCCCc1ccccc1Oc1ccccc1CCCCCCCCC.OCCO. The van der Waals surface area contributed by atoms with E-state index in [9.17, 15) is 0 Å². The summed E-state index contributed by atoms with van der Waals surface area (Å²) in [6.45, 7) is 4.31. The highest BCUT2D eigenvalue weighted by Crippen LogP contribution is 2.30. The van der Waals surface area contributed by atoms with Crippen molar-refractivity contribution >= 4 is 0 Å². The Balaban J connectivity index is 0.00000142. The second kappa shape index (κ2) is 22.6. The molecule has 0 atom stereocenters. The predicted molar refractivity (Wildman–Crippen MR) is 151 cm³/mol. The van der Waals surface area contributed by atoms with Crippen LogP contribution in [-0.4, -0.2) is 23.4 Å². The lowest BCUT2D eigenvalue weighted by molar-refractivity contribution is 0.186. The number of hydrogen-bond donors (Lipinski definition) is 2. The number of benzene rings is 2. The van der Waals surface area contributed by atoms with E-state index in [-0.39, 0.29) is 13.2 Å². The van der Waals surface area contributed by atoms with Crippen LogP contribution in [0.5, 0.6) is 11.5 Å². The lowest BCUT2D eigenvalue weighted by atomic mass is 10.0. The third-order valence-electron chi connectivity index (χ3n) is 6.36. The zero-order valence-electron chi connectivity index (χ0n) is 22.6. The molecular weight excluding hydrogens is 432 g/mol. The van der Waals surface area contributed by atoms with Gasteiger partial charge in [0, 0.05) is 0 Å². The summed E-state index contributed by atoms with van der Waals surface area (Å²) in [4.78, 5) is 0. The fourth-order valence-corrected chi connectivity index (χ4v) is 4.28. The molecule has 0 aliphatic heterocycles. The molecule has 0 bridgehead atoms. The molecule has 0 unspecified atom stereocenters. The molecule has 0 spiro atoms. The van der Waals surface area contributed by atoms with Crippen molar-refractivity contribution in [2.45, 2.75) is 117 Å². The van der Waals surface area contributed by atoms with Gasteiger partial charge < -0.3 is 14.9 Å². The van der Waals surface area contributed by atoms with Crippen molar-refractivity contribution in [1.82, 2.24) is 0 Å². The number of unbranched alkanes of at least 4 members (excludes halogenated alkanes) is 12. The Morgan fingerprint density at radius 1 is 0.486 bits per heavy atom. The van der Waals surface area contributed by atoms with Crippen molar-refractivity contribution in [2.75, 3.05) is 13.2 Å². The molecule has 3 nitrogen and oxygen atoms in total. The van der Waals surface area contributed by atoms with Crippen LogP contribution >= 0.6 is 0 Å². The van der Waals surface area contributed by atoms with Gasteiger partial charge in [0.2, 0.25) is 0 Å². The molecule has 198 valence electrons. The highest BCUT2D eigenvalue weighted by Gasteiger charge is 2.08. The topological polar surface area (TPSA) is 49.7 Å². The number of para-hydroxylation sites is 2. The van der Waals surface area contributed by atoms with Gasteiger partial charge in [0.15, 0.2) is 0 Å². The third kappa shape index (κ3) is 15.7. The average molecular weight is 485 g/mol. The van der Waals surface area contributed by atoms with Crippen molar-refractivity contribution in [3.05, 3.63) is 59.7 Å². The maximum Gasteiger partial charge on any atom is 0.130 e. The Hall–Kier alpha value is -1.84. The first-order valence-electron chi connectivity index (χ1n) is 14.3. The number of hydrogen-bond acceptors (Lipinski definition) is 3. The van der Waals surface area contributed by atoms with Crippen LogP contribution in [0.15, 0.2) is 48.5 Å². The van der Waals surface area contributed by atoms with E-state index in [1.54, 1.807) is 0 Å². The Kier molecular flexibility index (Phi) is 20.2. The van der Waals surface area contributed by atoms with Gasteiger partial charge in [-0.25, -0.2) is 0 Å². The molecule has 0 amide bonds. The van der Waals surface area contributed by atoms with E-state index in [1.807, 2.05) is 0 Å². The van der Waals surface area contributed by atoms with E-state index in [4.69, 9.17) is 14.9 Å². The Morgan fingerprint density at radius 3 is 1.20 bits per heavy atom. The molecule has 0 aliphatic carbocycles. The van der Waals surface area contributed by atoms with Crippen LogP contribution in [-0.2, 0) is 12.8 Å². The van der Waals surface area contributed by atoms with E-state index in [2.05, 4.69) is 62.4 Å². The summed E-state index contributed by atoms with van der Waals surface area (Å²) in [6.07, 6.45) is 21.1. The van der Waals surface area contributed by atoms with Gasteiger partial charge in [-0.15, -0.1) is 0 Å². The van der Waals surface area contributed by atoms with Gasteiger partial charge in [-0.2, -0.15) is 0 Å². The van der Waals surface area contributed by atoms with E-state index in [0.717, 1.165) is 24.3 Å². The Bertz CT molecular complexity index is 667. The summed E-state index contributed by atoms with van der Waals surface area (Å²) in [6, 6.07) is 17.3. The zero-order chi connectivity index (χ0) is 25.4. The highest BCUT2D eigenvalue weighted by atomic mass is 16.5. The van der Waals surface area contributed by atoms with Crippen LogP contribution in [0, 0.1) is 0 Å². The molecule has 0 heterocycles. The number of rotatable bonds is 19. The second-order valence-corrected chi connectivity index (χ2v) is 9.51. The quantitative estimate of drug-likeness (QED) is 0.196. The van der Waals surface area contributed by atoms with Crippen LogP contribution in [0.1, 0.15) is 115 Å². The third-order valence-corrected chi connectivity index (χ3v) is 6.36. The van der Waals surface area contributed by atoms with Crippen LogP contribution in [0.4, 0.5) is 0 Å². The summed E-state index contributed by atoms with van der Waals surface area (Å²) < 4.78 is 6.46. The normalized spacial score (nSPS) is 10.6. The summed E-state index contributed by atoms with van der Waals surface area (Å²) in [5.74, 6) is 2.08. The molecule has 0 saturated carbocycles. The summed E-state index contributed by atoms with van der Waals surface area (Å²) in [7, 11) is 0. The smallest absolute Gasteiger partial charge is 0.130 e. The van der Waals surface area contributed by atoms with Crippen LogP contribution in [0.3, 0.4) is 0 Å². The predicted octanol–water partition coefficient (Wildman–Crippen LogP) is 9.04. The highest BCUT2D eigenvalue weighted by molar-refractivity contribution is 5.41. The monoisotopic (exact) mass is 484 g/mol. The van der Waals surface area contributed by atoms with Gasteiger partial charge in [0.25, 0.3) is 0 Å². The lowest BCUT2D eigenvalue weighted by Gasteiger charge is -2.14. The average Bonchev–Trinajstić information content (AvgIpc) is 2.89. The van der Waals surface area contributed by atoms with Crippen molar-refractivity contribution < 1.29 is 14.9 Å². The minimum Gasteiger partial charge on any atom is -0.457 e. The first-order chi connectivity index (χ1) is 17.3. The second-order valence-electron chi connectivity index (χ2n) is 9.51. The fourth-order valence-electron chi connectivity index (χ4n) is 4.28. The summed E-state index contributed by atoms with van der Waals surface area (Å²) in [5, 5.41) is 15.2. The molecule has 2 N–H and O–H groups in total. The summed E-state index contributed by atoms with van der Waals surface area (Å²) >= 11 is 0. The minimum atomic E-state index is -0.125. The van der Waals surface area contributed by atoms with E-state index < -0.39 is 0 Å². The van der Waals surface area contributed by atoms with E-state index in [1.165, 1.54) is 101 Å². The molecule has 2 aromatic rings. The molecule has 0 aliphatic rings. The van der Waals surface area contributed by atoms with Gasteiger partial charge in [0.05, 0.1) is 13.2 Å². The maximum absolute atomic E-state index is 7.62. The molecule has 2 rings (SSSR count). The van der Waals surface area contributed by atoms with Crippen molar-refractivity contribution in [2.24, 2.45) is 0 Å². The molecule has 0 saturated heterocycles. The molecule has 0 aromatic heterocycles. The van der Waals surface area contributed by atoms with Gasteiger partial charge in [-0.1, -0.05) is 127 Å². The Morgan fingerprint density at radius 2 is 0.829 bits per heavy atom. The van der Waals surface area contributed by atoms with Crippen LogP contribution < -0.4 is 4.74 Å². The molecular formula is C32H52O3. The number of aliphatic hydroxyl groups is 2. The first kappa shape index (κ1) is 31.2. The first-order valence-corrected chi connectivity index (χ1v) is 14.3. The largest absolute Gasteiger partial charge is 0.457 e. The lowest BCUT2D eigenvalue weighted by Crippen LogP contribution is -1.96. The molecule has 2 aromatic carbocycles. The van der Waals surface area contributed by atoms with Gasteiger partial charge in [0.1, 0.15) is 11.5 Å². The number of aryl methyl sites for hydroxylation is 2. The van der Waals surface area contributed by atoms with Gasteiger partial charge in [-0.3, -0.25) is 0 Å².